The summed E-state index contributed by atoms with van der Waals surface area (Å²) in [5, 5.41) is 1.37. The van der Waals surface area contributed by atoms with Crippen LogP contribution >= 0.6 is 0 Å². The van der Waals surface area contributed by atoms with Gasteiger partial charge in [-0.2, -0.15) is 0 Å². The van der Waals surface area contributed by atoms with Crippen LogP contribution in [-0.4, -0.2) is 29.5 Å². The van der Waals surface area contributed by atoms with E-state index in [1.54, 1.807) is 0 Å². The molecule has 3 aliphatic heterocycles. The van der Waals surface area contributed by atoms with Gasteiger partial charge in [0.1, 0.15) is 0 Å². The van der Waals surface area contributed by atoms with Crippen LogP contribution in [-0.2, 0) is 6.42 Å². The van der Waals surface area contributed by atoms with Crippen LogP contribution in [0.25, 0.3) is 16.5 Å². The van der Waals surface area contributed by atoms with Crippen molar-refractivity contribution in [2.24, 2.45) is 5.92 Å². The lowest BCUT2D eigenvalue weighted by atomic mass is 9.84. The first-order chi connectivity index (χ1) is 10.3. The van der Waals surface area contributed by atoms with Crippen LogP contribution in [0, 0.1) is 5.92 Å². The molecule has 1 unspecified atom stereocenters. The normalized spacial score (nSPS) is 27.5. The molecule has 0 saturated carbocycles. The fourth-order valence-electron chi connectivity index (χ4n) is 4.00. The number of hydrogen-bond acceptors (Lipinski definition) is 1. The molecule has 5 rings (SSSR count). The maximum absolute atomic E-state index is 4.48. The molecule has 21 heavy (non-hydrogen) atoms. The quantitative estimate of drug-likeness (QED) is 0.722. The average Bonchev–Trinajstić information content (AvgIpc) is 2.93. The van der Waals surface area contributed by atoms with Crippen LogP contribution in [0.15, 0.2) is 42.5 Å². The maximum Gasteiger partial charge on any atom is 0.0461 e. The Morgan fingerprint density at radius 3 is 3.00 bits per heavy atom. The van der Waals surface area contributed by atoms with Crippen molar-refractivity contribution in [2.45, 2.75) is 19.8 Å². The van der Waals surface area contributed by atoms with E-state index in [4.69, 9.17) is 0 Å². The third-order valence-corrected chi connectivity index (χ3v) is 5.19. The van der Waals surface area contributed by atoms with Crippen molar-refractivity contribution in [1.82, 2.24) is 9.88 Å². The zero-order chi connectivity index (χ0) is 14.4. The molecule has 3 aliphatic rings. The largest absolute Gasteiger partial charge is 0.355 e. The minimum atomic E-state index is 0.510. The predicted octanol–water partition coefficient (Wildman–Crippen LogP) is 4.01. The molecule has 2 heteroatoms. The van der Waals surface area contributed by atoms with Gasteiger partial charge in [0.05, 0.1) is 0 Å². The van der Waals surface area contributed by atoms with E-state index in [1.807, 2.05) is 0 Å². The molecule has 2 nitrogen and oxygen atoms in total. The van der Waals surface area contributed by atoms with Crippen LogP contribution < -0.4 is 0 Å². The zero-order valence-electron chi connectivity index (χ0n) is 12.7. The third kappa shape index (κ3) is 1.97. The summed E-state index contributed by atoms with van der Waals surface area (Å²) < 4.78 is 0. The zero-order valence-corrected chi connectivity index (χ0v) is 12.7. The van der Waals surface area contributed by atoms with Gasteiger partial charge in [0.2, 0.25) is 0 Å². The summed E-state index contributed by atoms with van der Waals surface area (Å²) in [5.41, 5.74) is 6.83. The Hall–Kier alpha value is -1.80. The summed E-state index contributed by atoms with van der Waals surface area (Å²) in [6.45, 7) is 10.1. The predicted molar refractivity (Wildman–Crippen MR) is 89.3 cm³/mol. The number of aromatic amines is 1. The lowest BCUT2D eigenvalue weighted by molar-refractivity contribution is 0.255. The molecule has 0 aliphatic carbocycles. The number of rotatable bonds is 0. The van der Waals surface area contributed by atoms with Gasteiger partial charge in [-0.3, -0.25) is 4.90 Å². The van der Waals surface area contributed by atoms with Crippen molar-refractivity contribution >= 4 is 16.5 Å². The van der Waals surface area contributed by atoms with Gasteiger partial charge in [-0.1, -0.05) is 36.4 Å². The van der Waals surface area contributed by atoms with Gasteiger partial charge in [-0.25, -0.2) is 0 Å². The van der Waals surface area contributed by atoms with E-state index in [-0.39, 0.29) is 0 Å². The molecule has 0 radical (unpaired) electrons. The van der Waals surface area contributed by atoms with Crippen molar-refractivity contribution < 1.29 is 0 Å². The number of nitrogens with one attached hydrogen (secondary N) is 1. The first-order valence-corrected chi connectivity index (χ1v) is 7.94. The molecule has 1 aromatic heterocycles. The fourth-order valence-corrected chi connectivity index (χ4v) is 4.00. The molecule has 1 saturated heterocycles. The number of H-pyrrole nitrogens is 1. The second kappa shape index (κ2) is 4.88. The number of hydrogen-bond donors (Lipinski definition) is 1. The highest BCUT2D eigenvalue weighted by molar-refractivity contribution is 5.89. The van der Waals surface area contributed by atoms with Crippen LogP contribution in [0.5, 0.6) is 0 Å². The molecule has 2 bridgehead atoms. The van der Waals surface area contributed by atoms with Crippen molar-refractivity contribution in [3.63, 3.8) is 0 Å². The van der Waals surface area contributed by atoms with Crippen LogP contribution in [0.3, 0.4) is 0 Å². The van der Waals surface area contributed by atoms with Gasteiger partial charge >= 0.3 is 0 Å². The maximum atomic E-state index is 4.48. The molecule has 0 amide bonds. The Bertz CT molecular complexity index is 735. The van der Waals surface area contributed by atoms with Crippen LogP contribution in [0.1, 0.15) is 24.6 Å². The molecule has 0 spiro atoms. The first kappa shape index (κ1) is 12.9. The Morgan fingerprint density at radius 1 is 1.29 bits per heavy atom. The molecule has 2 atom stereocenters. The lowest BCUT2D eigenvalue weighted by Crippen LogP contribution is -2.36. The monoisotopic (exact) mass is 278 g/mol. The molecule has 1 N–H and O–H groups in total. The van der Waals surface area contributed by atoms with Gasteiger partial charge in [0.25, 0.3) is 0 Å². The summed E-state index contributed by atoms with van der Waals surface area (Å²) >= 11 is 0. The van der Waals surface area contributed by atoms with Crippen molar-refractivity contribution in [3.8, 4) is 0 Å². The van der Waals surface area contributed by atoms with Crippen molar-refractivity contribution in [2.75, 3.05) is 19.6 Å². The summed E-state index contributed by atoms with van der Waals surface area (Å²) in [4.78, 5) is 6.24. The van der Waals surface area contributed by atoms with E-state index in [0.29, 0.717) is 5.92 Å². The van der Waals surface area contributed by atoms with Gasteiger partial charge in [-0.15, -0.1) is 0 Å². The van der Waals surface area contributed by atoms with Crippen LogP contribution in [0.4, 0.5) is 0 Å². The highest BCUT2D eigenvalue weighted by Gasteiger charge is 2.30. The molecule has 1 aromatic carbocycles. The Labute approximate surface area is 126 Å². The third-order valence-electron chi connectivity index (χ3n) is 5.19. The van der Waals surface area contributed by atoms with Crippen molar-refractivity contribution in [1.29, 1.82) is 0 Å². The average molecular weight is 278 g/mol. The summed E-state index contributed by atoms with van der Waals surface area (Å²) in [6.07, 6.45) is 4.62. The fraction of sp³-hybridized carbons (Fsp3) is 0.368. The topological polar surface area (TPSA) is 19.0 Å². The summed E-state index contributed by atoms with van der Waals surface area (Å²) in [5.74, 6) is 0.510. The van der Waals surface area contributed by atoms with Crippen LogP contribution in [0.2, 0.25) is 0 Å². The first-order valence-electron chi connectivity index (χ1n) is 7.94. The summed E-state index contributed by atoms with van der Waals surface area (Å²) in [6, 6.07) is 8.66. The molecular formula is C19H22N2. The highest BCUT2D eigenvalue weighted by atomic mass is 15.1. The second-order valence-electron chi connectivity index (χ2n) is 6.28. The minimum absolute atomic E-state index is 0.510. The van der Waals surface area contributed by atoms with Gasteiger partial charge in [-0.05, 0) is 43.5 Å². The molecule has 2 aromatic rings. The Kier molecular flexibility index (Phi) is 3.00. The molecular weight excluding hydrogens is 256 g/mol. The van der Waals surface area contributed by atoms with E-state index in [0.717, 1.165) is 19.5 Å². The van der Waals surface area contributed by atoms with E-state index in [1.165, 1.54) is 46.3 Å². The SMILES string of the molecule is C=C1c2[nH]c3ccccc3c2CCN2CC[C@H]1C(=CC)C2. The Morgan fingerprint density at radius 2 is 2.14 bits per heavy atom. The van der Waals surface area contributed by atoms with E-state index >= 15 is 0 Å². The van der Waals surface area contributed by atoms with Crippen molar-refractivity contribution in [3.05, 3.63) is 53.8 Å². The van der Waals surface area contributed by atoms with E-state index in [2.05, 4.69) is 53.7 Å². The number of benzene rings is 1. The molecule has 4 heterocycles. The Balaban J connectivity index is 1.91. The molecule has 108 valence electrons. The van der Waals surface area contributed by atoms with Gasteiger partial charge in [0.15, 0.2) is 0 Å². The standard InChI is InChI=1S/C19H22N2/c1-3-14-12-21-10-8-15(14)13(2)19-17(9-11-21)16-6-4-5-7-18(16)20-19/h3-7,15,20H,2,8-12H2,1H3/t15-/m1/s1. The molecule has 1 fully saturated rings. The smallest absolute Gasteiger partial charge is 0.0461 e. The lowest BCUT2D eigenvalue weighted by Gasteiger charge is -2.33. The summed E-state index contributed by atoms with van der Waals surface area (Å²) in [7, 11) is 0. The van der Waals surface area contributed by atoms with E-state index in [9.17, 15) is 0 Å². The second-order valence-corrected chi connectivity index (χ2v) is 6.28. The minimum Gasteiger partial charge on any atom is -0.355 e. The number of para-hydroxylation sites is 1. The highest BCUT2D eigenvalue weighted by Crippen LogP contribution is 2.39. The number of nitrogens with zero attached hydrogens (tertiary/aromatic N) is 1. The number of piperidine rings is 1. The van der Waals surface area contributed by atoms with Gasteiger partial charge in [0, 0.05) is 35.6 Å². The number of aromatic nitrogens is 1. The number of allylic oxidation sites excluding steroid dienone is 2. The van der Waals surface area contributed by atoms with E-state index < -0.39 is 0 Å². The van der Waals surface area contributed by atoms with Gasteiger partial charge < -0.3 is 4.98 Å². The number of fused-ring (bicyclic) bond motifs is 4.